The van der Waals surface area contributed by atoms with Gasteiger partial charge in [0, 0.05) is 38.6 Å². The fourth-order valence-electron chi connectivity index (χ4n) is 11.5. The minimum atomic E-state index is -0.140. The first-order valence-electron chi connectivity index (χ1n) is 22.4. The molecule has 0 radical (unpaired) electrons. The lowest BCUT2D eigenvalue weighted by Gasteiger charge is -2.45. The maximum absolute atomic E-state index is 7.62. The minimum Gasteiger partial charge on any atom is -0.456 e. The zero-order valence-electron chi connectivity index (χ0n) is 36.0. The van der Waals surface area contributed by atoms with Crippen molar-refractivity contribution < 1.29 is 9.47 Å². The number of aromatic nitrogens is 1. The zero-order valence-corrected chi connectivity index (χ0v) is 36.0. The van der Waals surface area contributed by atoms with Gasteiger partial charge in [-0.15, -0.1) is 0 Å². The predicted molar refractivity (Wildman–Crippen MR) is 268 cm³/mol. The maximum Gasteiger partial charge on any atom is 0.256 e. The normalized spacial score (nSPS) is 13.5. The van der Waals surface area contributed by atoms with E-state index in [1.54, 1.807) is 0 Å². The van der Waals surface area contributed by atoms with Gasteiger partial charge in [-0.3, -0.25) is 0 Å². The number of fused-ring (bicyclic) bond motifs is 13. The largest absolute Gasteiger partial charge is 0.456 e. The number of hydrogen-bond donors (Lipinski definition) is 0. The summed E-state index contributed by atoms with van der Waals surface area (Å²) in [5.41, 5.74) is 23.5. The second-order valence-electron chi connectivity index (χ2n) is 18.3. The Balaban J connectivity index is 1.17. The Hall–Kier alpha value is -7.69. The summed E-state index contributed by atoms with van der Waals surface area (Å²) in [7, 11) is 0. The second-order valence-corrected chi connectivity index (χ2v) is 18.3. The number of anilines is 3. The summed E-state index contributed by atoms with van der Waals surface area (Å²) in [5, 5.41) is 2.51. The molecule has 4 aliphatic rings. The van der Waals surface area contributed by atoms with E-state index >= 15 is 0 Å². The average Bonchev–Trinajstić information content (AvgIpc) is 3.64. The number of nitrogens with zero attached hydrogens (tertiary/aromatic N) is 2. The van der Waals surface area contributed by atoms with E-state index in [-0.39, 0.29) is 13.4 Å². The Morgan fingerprint density at radius 1 is 0.406 bits per heavy atom. The predicted octanol–water partition coefficient (Wildman–Crippen LogP) is 10.7. The minimum absolute atomic E-state index is 0.137. The van der Waals surface area contributed by atoms with E-state index in [1.807, 2.05) is 0 Å². The van der Waals surface area contributed by atoms with Crippen molar-refractivity contribution in [3.8, 4) is 50.9 Å². The molecule has 0 atom stereocenters. The van der Waals surface area contributed by atoms with Crippen LogP contribution in [-0.2, 0) is 0 Å². The number of ether oxygens (including phenoxy) is 2. The molecule has 10 aromatic rings. The first-order valence-corrected chi connectivity index (χ1v) is 22.4. The number of hydrogen-bond acceptors (Lipinski definition) is 3. The number of rotatable bonds is 3. The van der Waals surface area contributed by atoms with E-state index in [2.05, 4.69) is 207 Å². The highest BCUT2D eigenvalue weighted by Crippen LogP contribution is 2.51. The van der Waals surface area contributed by atoms with E-state index in [0.717, 1.165) is 67.6 Å². The highest BCUT2D eigenvalue weighted by Gasteiger charge is 2.51. The van der Waals surface area contributed by atoms with Crippen molar-refractivity contribution in [3.05, 3.63) is 192 Å². The van der Waals surface area contributed by atoms with Gasteiger partial charge in [0.2, 0.25) is 0 Å². The molecule has 5 heterocycles. The molecule has 1 aromatic heterocycles. The van der Waals surface area contributed by atoms with Crippen LogP contribution in [0.2, 0.25) is 0 Å². The first-order chi connectivity index (χ1) is 31.4. The van der Waals surface area contributed by atoms with Crippen molar-refractivity contribution in [2.24, 2.45) is 0 Å². The molecule has 9 aromatic carbocycles. The summed E-state index contributed by atoms with van der Waals surface area (Å²) in [5.74, 6) is 3.54. The van der Waals surface area contributed by atoms with Gasteiger partial charge in [-0.2, -0.15) is 0 Å². The van der Waals surface area contributed by atoms with Crippen LogP contribution < -0.4 is 47.2 Å². The maximum atomic E-state index is 7.62. The summed E-state index contributed by atoms with van der Waals surface area (Å²) in [4.78, 5) is 2.47. The lowest BCUT2D eigenvalue weighted by Crippen LogP contribution is -2.63. The third kappa shape index (κ3) is 4.85. The molecule has 300 valence electrons. The van der Waals surface area contributed by atoms with E-state index in [1.165, 1.54) is 77.2 Å². The van der Waals surface area contributed by atoms with Gasteiger partial charge in [0.1, 0.15) is 23.0 Å². The Morgan fingerprint density at radius 3 is 1.62 bits per heavy atom. The van der Waals surface area contributed by atoms with Gasteiger partial charge in [-0.05, 0) is 120 Å². The molecule has 6 heteroatoms. The van der Waals surface area contributed by atoms with Gasteiger partial charge in [-0.25, -0.2) is 0 Å². The van der Waals surface area contributed by atoms with Gasteiger partial charge in [0.05, 0.1) is 16.9 Å². The van der Waals surface area contributed by atoms with E-state index in [4.69, 9.17) is 9.47 Å². The van der Waals surface area contributed by atoms with Crippen molar-refractivity contribution in [2.75, 3.05) is 4.90 Å². The van der Waals surface area contributed by atoms with Gasteiger partial charge in [0.25, 0.3) is 13.4 Å². The topological polar surface area (TPSA) is 26.6 Å². The summed E-state index contributed by atoms with van der Waals surface area (Å²) < 4.78 is 17.8. The number of aryl methyl sites for hydroxylation is 4. The molecular formula is C58H40B2N2O2. The van der Waals surface area contributed by atoms with Crippen LogP contribution in [0.15, 0.2) is 170 Å². The zero-order chi connectivity index (χ0) is 42.5. The van der Waals surface area contributed by atoms with E-state index in [0.29, 0.717) is 0 Å². The molecule has 64 heavy (non-hydrogen) atoms. The molecule has 0 spiro atoms. The monoisotopic (exact) mass is 818 g/mol. The lowest BCUT2D eigenvalue weighted by molar-refractivity contribution is 0.475. The van der Waals surface area contributed by atoms with Crippen molar-refractivity contribution in [1.29, 1.82) is 0 Å². The fourth-order valence-corrected chi connectivity index (χ4v) is 11.5. The molecule has 0 aliphatic carbocycles. The SMILES string of the molecule is Cc1ccc(N2c3ccc(C)cc3B3c4cc(-c5ccccc5)ccc4Oc4c3c2c2c3c4-n4c5ccc(C)cc5c5cc(C)cc(c54)B3c3cc(-c4ccccc4)ccc3O2)cc1. The van der Waals surface area contributed by atoms with Crippen molar-refractivity contribution in [1.82, 2.24) is 4.57 Å². The van der Waals surface area contributed by atoms with E-state index < -0.39 is 0 Å². The second kappa shape index (κ2) is 12.9. The van der Waals surface area contributed by atoms with Crippen LogP contribution in [0, 0.1) is 27.7 Å². The molecule has 0 unspecified atom stereocenters. The molecule has 0 saturated carbocycles. The summed E-state index contributed by atoms with van der Waals surface area (Å²) in [6.07, 6.45) is 0. The molecule has 4 nitrogen and oxygen atoms in total. The van der Waals surface area contributed by atoms with Crippen LogP contribution in [0.1, 0.15) is 22.3 Å². The quantitative estimate of drug-likeness (QED) is 0.166. The molecule has 0 bridgehead atoms. The van der Waals surface area contributed by atoms with Crippen LogP contribution in [0.4, 0.5) is 17.1 Å². The standard InChI is InChI=1S/C58H40B2N2O2/c1-33-15-21-41(22-16-33)61-49-24-18-35(3)29-44(49)59-45-31-39(37-11-7-5-8-12-37)19-25-50(45)64-58-52(59)55(61)57-53-56(58)62-48-23-17-34(2)27-42(48)43-28-36(4)30-47(54(43)62)60(53)46-32-40(20-26-51(46)63-57)38-13-9-6-10-14-38/h5-32H,1-4H3. The summed E-state index contributed by atoms with van der Waals surface area (Å²) in [6.45, 7) is 8.53. The molecule has 0 amide bonds. The van der Waals surface area contributed by atoms with Gasteiger partial charge >= 0.3 is 0 Å². The fraction of sp³-hybridized carbons (Fsp3) is 0.0690. The van der Waals surface area contributed by atoms with Crippen LogP contribution in [0.25, 0.3) is 49.7 Å². The lowest BCUT2D eigenvalue weighted by atomic mass is 9.31. The third-order valence-electron chi connectivity index (χ3n) is 14.3. The molecule has 0 N–H and O–H groups in total. The molecule has 0 saturated heterocycles. The van der Waals surface area contributed by atoms with Crippen molar-refractivity contribution in [3.63, 3.8) is 0 Å². The Kier molecular flexibility index (Phi) is 7.25. The van der Waals surface area contributed by atoms with Crippen LogP contribution in [-0.4, -0.2) is 18.0 Å². The summed E-state index contributed by atoms with van der Waals surface area (Å²) >= 11 is 0. The Labute approximate surface area is 373 Å². The number of benzene rings is 9. The smallest absolute Gasteiger partial charge is 0.256 e. The van der Waals surface area contributed by atoms with Gasteiger partial charge in [0.15, 0.2) is 0 Å². The van der Waals surface area contributed by atoms with Crippen LogP contribution in [0.5, 0.6) is 23.0 Å². The van der Waals surface area contributed by atoms with Crippen molar-refractivity contribution >= 4 is 85.1 Å². The van der Waals surface area contributed by atoms with Crippen molar-refractivity contribution in [2.45, 2.75) is 27.7 Å². The average molecular weight is 819 g/mol. The molecule has 14 rings (SSSR count). The Bertz CT molecular complexity index is 3670. The highest BCUT2D eigenvalue weighted by molar-refractivity contribution is 7.02. The summed E-state index contributed by atoms with van der Waals surface area (Å²) in [6, 6.07) is 62.7. The van der Waals surface area contributed by atoms with Gasteiger partial charge < -0.3 is 18.9 Å². The van der Waals surface area contributed by atoms with Crippen LogP contribution >= 0.6 is 0 Å². The van der Waals surface area contributed by atoms with Gasteiger partial charge in [-0.1, -0.05) is 144 Å². The highest BCUT2D eigenvalue weighted by atomic mass is 16.5. The Morgan fingerprint density at radius 2 is 0.953 bits per heavy atom. The van der Waals surface area contributed by atoms with Crippen LogP contribution in [0.3, 0.4) is 0 Å². The van der Waals surface area contributed by atoms with E-state index in [9.17, 15) is 0 Å². The molecular weight excluding hydrogens is 778 g/mol. The molecule has 4 aliphatic heterocycles. The third-order valence-corrected chi connectivity index (χ3v) is 14.3. The molecule has 0 fully saturated rings. The first kappa shape index (κ1) is 35.9.